The number of amides is 2. The standard InChI is InChI=1S/C24H32FN7O/c1-16(2)6-11-20-26-22(30-12-14-31(15-13-30)24(33)29(4)5)21-17(3)28-32(23(21)27-20)19-9-7-18(25)8-10-19/h7-10,16H,6,11-15H2,1-5H3. The molecule has 9 heteroatoms. The number of carbonyl (C=O) groups excluding carboxylic acids is 1. The van der Waals surface area contributed by atoms with E-state index in [2.05, 4.69) is 18.7 Å². The van der Waals surface area contributed by atoms with Crippen LogP contribution in [0.4, 0.5) is 15.0 Å². The Hall–Kier alpha value is -3.23. The first-order chi connectivity index (χ1) is 15.7. The molecule has 1 fully saturated rings. The molecule has 3 aromatic rings. The lowest BCUT2D eigenvalue weighted by molar-refractivity contribution is 0.168. The number of anilines is 1. The summed E-state index contributed by atoms with van der Waals surface area (Å²) in [5.74, 6) is 1.89. The Labute approximate surface area is 194 Å². The second-order valence-corrected chi connectivity index (χ2v) is 9.22. The maximum Gasteiger partial charge on any atom is 0.319 e. The van der Waals surface area contributed by atoms with Crippen molar-refractivity contribution in [1.82, 2.24) is 29.5 Å². The Morgan fingerprint density at radius 2 is 1.76 bits per heavy atom. The number of aryl methyl sites for hydroxylation is 2. The summed E-state index contributed by atoms with van der Waals surface area (Å²) in [5.41, 5.74) is 2.32. The van der Waals surface area contributed by atoms with Crippen LogP contribution in [0.3, 0.4) is 0 Å². The molecule has 1 aliphatic heterocycles. The number of rotatable bonds is 5. The number of hydrogen-bond acceptors (Lipinski definition) is 5. The van der Waals surface area contributed by atoms with Crippen LogP contribution in [0.1, 0.15) is 31.8 Å². The Morgan fingerprint density at radius 1 is 1.09 bits per heavy atom. The van der Waals surface area contributed by atoms with Crippen LogP contribution < -0.4 is 4.90 Å². The number of carbonyl (C=O) groups is 1. The molecular formula is C24H32FN7O. The van der Waals surface area contributed by atoms with E-state index in [1.54, 1.807) is 35.8 Å². The summed E-state index contributed by atoms with van der Waals surface area (Å²) in [4.78, 5) is 27.9. The maximum atomic E-state index is 13.5. The van der Waals surface area contributed by atoms with Crippen LogP contribution in [-0.4, -0.2) is 75.9 Å². The Kier molecular flexibility index (Phi) is 6.49. The number of fused-ring (bicyclic) bond motifs is 1. The summed E-state index contributed by atoms with van der Waals surface area (Å²) in [5, 5.41) is 5.64. The smallest absolute Gasteiger partial charge is 0.319 e. The first-order valence-corrected chi connectivity index (χ1v) is 11.5. The quantitative estimate of drug-likeness (QED) is 0.590. The van der Waals surface area contributed by atoms with Gasteiger partial charge in [0, 0.05) is 46.7 Å². The molecule has 176 valence electrons. The van der Waals surface area contributed by atoms with E-state index in [9.17, 15) is 9.18 Å². The van der Waals surface area contributed by atoms with Gasteiger partial charge in [0.25, 0.3) is 0 Å². The van der Waals surface area contributed by atoms with Crippen molar-refractivity contribution in [2.45, 2.75) is 33.6 Å². The number of urea groups is 1. The van der Waals surface area contributed by atoms with E-state index in [0.29, 0.717) is 32.1 Å². The number of nitrogens with zero attached hydrogens (tertiary/aromatic N) is 7. The zero-order valence-electron chi connectivity index (χ0n) is 20.0. The summed E-state index contributed by atoms with van der Waals surface area (Å²) in [6.07, 6.45) is 1.76. The van der Waals surface area contributed by atoms with Crippen molar-refractivity contribution in [3.05, 3.63) is 41.6 Å². The lowest BCUT2D eigenvalue weighted by Gasteiger charge is -2.36. The minimum atomic E-state index is -0.287. The fourth-order valence-corrected chi connectivity index (χ4v) is 4.12. The van der Waals surface area contributed by atoms with Crippen LogP contribution in [0.25, 0.3) is 16.7 Å². The molecule has 0 unspecified atom stereocenters. The number of piperazine rings is 1. The first kappa shape index (κ1) is 22.9. The molecule has 1 aromatic carbocycles. The van der Waals surface area contributed by atoms with Crippen molar-refractivity contribution in [1.29, 1.82) is 0 Å². The van der Waals surface area contributed by atoms with Gasteiger partial charge in [-0.05, 0) is 43.5 Å². The predicted molar refractivity (Wildman–Crippen MR) is 127 cm³/mol. The van der Waals surface area contributed by atoms with Gasteiger partial charge in [0.15, 0.2) is 5.65 Å². The molecule has 0 bridgehead atoms. The molecule has 0 saturated carbocycles. The van der Waals surface area contributed by atoms with Crippen LogP contribution in [-0.2, 0) is 6.42 Å². The third-order valence-electron chi connectivity index (χ3n) is 5.98. The highest BCUT2D eigenvalue weighted by Gasteiger charge is 2.27. The topological polar surface area (TPSA) is 70.4 Å². The average Bonchev–Trinajstić information content (AvgIpc) is 3.13. The van der Waals surface area contributed by atoms with Gasteiger partial charge in [-0.2, -0.15) is 5.10 Å². The summed E-state index contributed by atoms with van der Waals surface area (Å²) >= 11 is 0. The van der Waals surface area contributed by atoms with Gasteiger partial charge in [-0.1, -0.05) is 13.8 Å². The van der Waals surface area contributed by atoms with Gasteiger partial charge < -0.3 is 14.7 Å². The normalized spacial score (nSPS) is 14.4. The van der Waals surface area contributed by atoms with Gasteiger partial charge in [-0.25, -0.2) is 23.8 Å². The van der Waals surface area contributed by atoms with Crippen molar-refractivity contribution in [3.8, 4) is 5.69 Å². The van der Waals surface area contributed by atoms with Crippen LogP contribution in [0.15, 0.2) is 24.3 Å². The molecule has 0 atom stereocenters. The monoisotopic (exact) mass is 453 g/mol. The maximum absolute atomic E-state index is 13.5. The molecule has 0 spiro atoms. The molecule has 0 radical (unpaired) electrons. The minimum Gasteiger partial charge on any atom is -0.352 e. The SMILES string of the molecule is Cc1nn(-c2ccc(F)cc2)c2nc(CCC(C)C)nc(N3CCN(C(=O)N(C)C)CC3)c12. The van der Waals surface area contributed by atoms with Gasteiger partial charge in [-0.15, -0.1) is 0 Å². The van der Waals surface area contributed by atoms with E-state index in [-0.39, 0.29) is 11.8 Å². The number of benzene rings is 1. The van der Waals surface area contributed by atoms with Gasteiger partial charge in [0.05, 0.1) is 16.8 Å². The highest BCUT2D eigenvalue weighted by atomic mass is 19.1. The average molecular weight is 454 g/mol. The van der Waals surface area contributed by atoms with Gasteiger partial charge in [0.2, 0.25) is 0 Å². The fourth-order valence-electron chi connectivity index (χ4n) is 4.12. The van der Waals surface area contributed by atoms with Crippen molar-refractivity contribution in [3.63, 3.8) is 0 Å². The first-order valence-electron chi connectivity index (χ1n) is 11.5. The number of halogens is 1. The zero-order valence-corrected chi connectivity index (χ0v) is 20.0. The van der Waals surface area contributed by atoms with Gasteiger partial charge in [0.1, 0.15) is 17.5 Å². The van der Waals surface area contributed by atoms with Gasteiger partial charge >= 0.3 is 6.03 Å². The molecule has 4 rings (SSSR count). The molecule has 0 N–H and O–H groups in total. The molecule has 2 amide bonds. The molecular weight excluding hydrogens is 421 g/mol. The van der Waals surface area contributed by atoms with Crippen molar-refractivity contribution in [2.75, 3.05) is 45.2 Å². The molecule has 8 nitrogen and oxygen atoms in total. The number of aromatic nitrogens is 4. The highest BCUT2D eigenvalue weighted by Crippen LogP contribution is 2.30. The van der Waals surface area contributed by atoms with Gasteiger partial charge in [-0.3, -0.25) is 0 Å². The molecule has 1 saturated heterocycles. The third kappa shape index (κ3) is 4.77. The molecule has 33 heavy (non-hydrogen) atoms. The second-order valence-electron chi connectivity index (χ2n) is 9.22. The van der Waals surface area contributed by atoms with Crippen LogP contribution in [0, 0.1) is 18.7 Å². The third-order valence-corrected chi connectivity index (χ3v) is 5.98. The Balaban J connectivity index is 1.75. The summed E-state index contributed by atoms with van der Waals surface area (Å²) < 4.78 is 15.3. The zero-order chi connectivity index (χ0) is 23.7. The number of hydrogen-bond donors (Lipinski definition) is 0. The van der Waals surface area contributed by atoms with Crippen molar-refractivity contribution in [2.24, 2.45) is 5.92 Å². The fraction of sp³-hybridized carbons (Fsp3) is 0.500. The molecule has 0 aliphatic carbocycles. The lowest BCUT2D eigenvalue weighted by atomic mass is 10.1. The van der Waals surface area contributed by atoms with Crippen molar-refractivity contribution >= 4 is 22.9 Å². The van der Waals surface area contributed by atoms with Crippen LogP contribution in [0.5, 0.6) is 0 Å². The summed E-state index contributed by atoms with van der Waals surface area (Å²) in [7, 11) is 3.55. The molecule has 1 aliphatic rings. The van der Waals surface area contributed by atoms with Crippen LogP contribution >= 0.6 is 0 Å². The summed E-state index contributed by atoms with van der Waals surface area (Å²) in [6.45, 7) is 8.98. The molecule has 2 aromatic heterocycles. The van der Waals surface area contributed by atoms with E-state index in [0.717, 1.165) is 46.9 Å². The van der Waals surface area contributed by atoms with Crippen LogP contribution in [0.2, 0.25) is 0 Å². The van der Waals surface area contributed by atoms with E-state index in [1.807, 2.05) is 11.8 Å². The van der Waals surface area contributed by atoms with Crippen molar-refractivity contribution < 1.29 is 9.18 Å². The summed E-state index contributed by atoms with van der Waals surface area (Å²) in [6, 6.07) is 6.31. The largest absolute Gasteiger partial charge is 0.352 e. The van der Waals surface area contributed by atoms with E-state index >= 15 is 0 Å². The Morgan fingerprint density at radius 3 is 2.36 bits per heavy atom. The lowest BCUT2D eigenvalue weighted by Crippen LogP contribution is -2.51. The van der Waals surface area contributed by atoms with E-state index < -0.39 is 0 Å². The van der Waals surface area contributed by atoms with E-state index in [4.69, 9.17) is 15.1 Å². The Bertz CT molecular complexity index is 1130. The minimum absolute atomic E-state index is 0.0282. The highest BCUT2D eigenvalue weighted by molar-refractivity contribution is 5.91. The predicted octanol–water partition coefficient (Wildman–Crippen LogP) is 3.66. The molecule has 3 heterocycles. The van der Waals surface area contributed by atoms with E-state index in [1.165, 1.54) is 12.1 Å². The second kappa shape index (κ2) is 9.33.